The standard InChI is InChI=1S/C14H12O5S/c15-13-8-4-1-2-5-9(8)14(16)12-10(13)6-3-7-11(12)20(17,18)19/h1-10,12H,(H,17,18,19). The molecule has 0 aromatic heterocycles. The molecule has 0 aliphatic heterocycles. The quantitative estimate of drug-likeness (QED) is 0.730. The van der Waals surface area contributed by atoms with Gasteiger partial charge in [0.1, 0.15) is 11.6 Å². The molecule has 0 aromatic carbocycles. The molecular formula is C14H12O5S. The summed E-state index contributed by atoms with van der Waals surface area (Å²) >= 11 is 0. The molecular weight excluding hydrogens is 280 g/mol. The van der Waals surface area contributed by atoms with Gasteiger partial charge in [-0.2, -0.15) is 8.42 Å². The van der Waals surface area contributed by atoms with E-state index >= 15 is 0 Å². The molecule has 3 aliphatic carbocycles. The van der Waals surface area contributed by atoms with Gasteiger partial charge in [-0.25, -0.2) is 0 Å². The largest absolute Gasteiger partial charge is 0.298 e. The lowest BCUT2D eigenvalue weighted by Gasteiger charge is -2.38. The Morgan fingerprint density at radius 1 is 0.850 bits per heavy atom. The first-order chi connectivity index (χ1) is 9.41. The first-order valence-electron chi connectivity index (χ1n) is 6.19. The molecule has 3 aliphatic rings. The summed E-state index contributed by atoms with van der Waals surface area (Å²) < 4.78 is 32.1. The van der Waals surface area contributed by atoms with Crippen LogP contribution >= 0.6 is 0 Å². The molecule has 0 radical (unpaired) electrons. The van der Waals surface area contributed by atoms with Crippen molar-refractivity contribution in [3.63, 3.8) is 0 Å². The summed E-state index contributed by atoms with van der Waals surface area (Å²) in [6, 6.07) is 0. The molecule has 0 heterocycles. The molecule has 1 saturated carbocycles. The van der Waals surface area contributed by atoms with E-state index < -0.39 is 33.8 Å². The number of ketones is 2. The Morgan fingerprint density at radius 3 is 2.00 bits per heavy atom. The lowest BCUT2D eigenvalue weighted by atomic mass is 9.64. The van der Waals surface area contributed by atoms with Crippen molar-refractivity contribution < 1.29 is 22.6 Å². The molecule has 5 nitrogen and oxygen atoms in total. The maximum Gasteiger partial charge on any atom is 0.291 e. The Labute approximate surface area is 116 Å². The average molecular weight is 292 g/mol. The summed E-state index contributed by atoms with van der Waals surface area (Å²) in [7, 11) is -4.50. The second-order valence-electron chi connectivity index (χ2n) is 5.06. The SMILES string of the molecule is O=C1C2C=CC=CC2C(=O)C2C(S(=O)(=O)O)=CC=CC12. The van der Waals surface area contributed by atoms with Gasteiger partial charge in [0, 0.05) is 11.8 Å². The highest BCUT2D eigenvalue weighted by Gasteiger charge is 2.51. The van der Waals surface area contributed by atoms with Gasteiger partial charge in [-0.1, -0.05) is 36.5 Å². The predicted octanol–water partition coefficient (Wildman–Crippen LogP) is 1.07. The number of hydrogen-bond acceptors (Lipinski definition) is 4. The summed E-state index contributed by atoms with van der Waals surface area (Å²) in [6.07, 6.45) is 10.8. The first-order valence-corrected chi connectivity index (χ1v) is 7.63. The second-order valence-corrected chi connectivity index (χ2v) is 6.48. The van der Waals surface area contributed by atoms with Crippen LogP contribution in [0.25, 0.3) is 0 Å². The zero-order chi connectivity index (χ0) is 14.5. The lowest BCUT2D eigenvalue weighted by Crippen LogP contribution is -2.48. The molecule has 0 bridgehead atoms. The average Bonchev–Trinajstić information content (AvgIpc) is 2.43. The van der Waals surface area contributed by atoms with Gasteiger partial charge < -0.3 is 0 Å². The van der Waals surface area contributed by atoms with Crippen molar-refractivity contribution >= 4 is 21.7 Å². The van der Waals surface area contributed by atoms with Gasteiger partial charge in [-0.15, -0.1) is 0 Å². The van der Waals surface area contributed by atoms with E-state index in [1.807, 2.05) is 0 Å². The molecule has 0 saturated heterocycles. The zero-order valence-electron chi connectivity index (χ0n) is 10.3. The van der Waals surface area contributed by atoms with E-state index in [0.717, 1.165) is 0 Å². The van der Waals surface area contributed by atoms with Crippen molar-refractivity contribution in [2.45, 2.75) is 0 Å². The normalized spacial score (nSPS) is 35.5. The van der Waals surface area contributed by atoms with Crippen molar-refractivity contribution in [3.05, 3.63) is 47.4 Å². The molecule has 1 N–H and O–H groups in total. The molecule has 3 rings (SSSR count). The van der Waals surface area contributed by atoms with Crippen LogP contribution in [0.1, 0.15) is 0 Å². The topological polar surface area (TPSA) is 88.5 Å². The highest BCUT2D eigenvalue weighted by Crippen LogP contribution is 2.42. The monoisotopic (exact) mass is 292 g/mol. The summed E-state index contributed by atoms with van der Waals surface area (Å²) in [4.78, 5) is 24.5. The molecule has 104 valence electrons. The van der Waals surface area contributed by atoms with Gasteiger partial charge in [0.05, 0.1) is 16.7 Å². The van der Waals surface area contributed by atoms with E-state index in [4.69, 9.17) is 0 Å². The maximum absolute atomic E-state index is 12.5. The van der Waals surface area contributed by atoms with Crippen LogP contribution in [0.4, 0.5) is 0 Å². The fraction of sp³-hybridized carbons (Fsp3) is 0.286. The molecule has 4 unspecified atom stereocenters. The van der Waals surface area contributed by atoms with Crippen LogP contribution in [0, 0.1) is 23.7 Å². The van der Waals surface area contributed by atoms with Crippen LogP contribution in [-0.4, -0.2) is 24.5 Å². The van der Waals surface area contributed by atoms with Gasteiger partial charge in [0.15, 0.2) is 0 Å². The highest BCUT2D eigenvalue weighted by molar-refractivity contribution is 7.89. The summed E-state index contributed by atoms with van der Waals surface area (Å²) in [6.45, 7) is 0. The van der Waals surface area contributed by atoms with Crippen molar-refractivity contribution in [3.8, 4) is 0 Å². The fourth-order valence-corrected chi connectivity index (χ4v) is 3.90. The minimum atomic E-state index is -4.50. The van der Waals surface area contributed by atoms with Gasteiger partial charge in [0.2, 0.25) is 0 Å². The van der Waals surface area contributed by atoms with Gasteiger partial charge >= 0.3 is 0 Å². The summed E-state index contributed by atoms with van der Waals surface area (Å²) in [5.74, 6) is -3.65. The smallest absolute Gasteiger partial charge is 0.291 e. The fourth-order valence-electron chi connectivity index (χ4n) is 3.06. The molecule has 0 aromatic rings. The van der Waals surface area contributed by atoms with E-state index in [2.05, 4.69) is 0 Å². The maximum atomic E-state index is 12.5. The second kappa shape index (κ2) is 4.36. The Balaban J connectivity index is 2.11. The molecule has 20 heavy (non-hydrogen) atoms. The van der Waals surface area contributed by atoms with Crippen LogP contribution < -0.4 is 0 Å². The number of hydrogen-bond donors (Lipinski definition) is 1. The molecule has 0 spiro atoms. The molecule has 4 atom stereocenters. The minimum Gasteiger partial charge on any atom is -0.298 e. The number of Topliss-reactive ketones (excluding diaryl/α,β-unsaturated/α-hetero) is 2. The van der Waals surface area contributed by atoms with Crippen LogP contribution in [0.15, 0.2) is 47.4 Å². The first kappa shape index (κ1) is 13.2. The van der Waals surface area contributed by atoms with Gasteiger partial charge in [0.25, 0.3) is 10.1 Å². The van der Waals surface area contributed by atoms with Crippen LogP contribution in [-0.2, 0) is 19.7 Å². The number of carbonyl (C=O) groups is 2. The molecule has 6 heteroatoms. The Morgan fingerprint density at radius 2 is 1.40 bits per heavy atom. The number of carbonyl (C=O) groups excluding carboxylic acids is 2. The number of fused-ring (bicyclic) bond motifs is 2. The van der Waals surface area contributed by atoms with E-state index in [9.17, 15) is 22.6 Å². The molecule has 1 fully saturated rings. The van der Waals surface area contributed by atoms with Crippen LogP contribution in [0.2, 0.25) is 0 Å². The van der Waals surface area contributed by atoms with Crippen molar-refractivity contribution in [1.82, 2.24) is 0 Å². The van der Waals surface area contributed by atoms with E-state index in [-0.39, 0.29) is 16.5 Å². The van der Waals surface area contributed by atoms with Crippen molar-refractivity contribution in [2.24, 2.45) is 23.7 Å². The van der Waals surface area contributed by atoms with Gasteiger partial charge in [-0.3, -0.25) is 14.1 Å². The Hall–Kier alpha value is -1.79. The highest BCUT2D eigenvalue weighted by atomic mass is 32.2. The van der Waals surface area contributed by atoms with Gasteiger partial charge in [-0.05, 0) is 6.08 Å². The summed E-state index contributed by atoms with van der Waals surface area (Å²) in [5.41, 5.74) is 0. The zero-order valence-corrected chi connectivity index (χ0v) is 11.2. The number of rotatable bonds is 1. The third-order valence-corrected chi connectivity index (χ3v) is 4.96. The van der Waals surface area contributed by atoms with Crippen molar-refractivity contribution in [1.29, 1.82) is 0 Å². The molecule has 0 amide bonds. The Kier molecular flexibility index (Phi) is 2.88. The number of allylic oxidation sites excluding steroid dienone is 8. The van der Waals surface area contributed by atoms with Crippen molar-refractivity contribution in [2.75, 3.05) is 0 Å². The van der Waals surface area contributed by atoms with E-state index in [1.165, 1.54) is 18.2 Å². The van der Waals surface area contributed by atoms with E-state index in [0.29, 0.717) is 0 Å². The van der Waals surface area contributed by atoms with Crippen LogP contribution in [0.5, 0.6) is 0 Å². The van der Waals surface area contributed by atoms with E-state index in [1.54, 1.807) is 24.3 Å². The summed E-state index contributed by atoms with van der Waals surface area (Å²) in [5, 5.41) is 0. The minimum absolute atomic E-state index is 0.189. The van der Waals surface area contributed by atoms with Crippen LogP contribution in [0.3, 0.4) is 0 Å². The predicted molar refractivity (Wildman–Crippen MR) is 71.0 cm³/mol. The Bertz CT molecular complexity index is 708. The third-order valence-electron chi connectivity index (χ3n) is 3.97. The lowest BCUT2D eigenvalue weighted by molar-refractivity contribution is -0.140. The third kappa shape index (κ3) is 1.83.